The van der Waals surface area contributed by atoms with Gasteiger partial charge in [-0.3, -0.25) is 4.79 Å². The number of thiazole rings is 1. The summed E-state index contributed by atoms with van der Waals surface area (Å²) in [4.78, 5) is 25.1. The van der Waals surface area contributed by atoms with E-state index in [1.165, 1.54) is 72.9 Å². The number of hydrogen-bond donors (Lipinski definition) is 2. The van der Waals surface area contributed by atoms with Crippen molar-refractivity contribution in [1.82, 2.24) is 24.6 Å². The van der Waals surface area contributed by atoms with Crippen molar-refractivity contribution in [2.45, 2.75) is 82.8 Å². The number of pyridine rings is 2. The predicted molar refractivity (Wildman–Crippen MR) is 156 cm³/mol. The third kappa shape index (κ3) is 11.0. The van der Waals surface area contributed by atoms with Gasteiger partial charge in [0.2, 0.25) is 5.91 Å². The van der Waals surface area contributed by atoms with Crippen LogP contribution in [0.25, 0.3) is 0 Å². The van der Waals surface area contributed by atoms with Crippen LogP contribution in [0.1, 0.15) is 75.4 Å². The molecule has 2 N–H and O–H groups in total. The average Bonchev–Trinajstić information content (AvgIpc) is 3.46. The fraction of sp³-hybridized carbons (Fsp3) is 0.500. The molecule has 0 aliphatic carbocycles. The Balaban J connectivity index is 1.46. The monoisotopic (exact) mass is 572 g/mol. The maximum atomic E-state index is 13.3. The van der Waals surface area contributed by atoms with Gasteiger partial charge < -0.3 is 10.6 Å². The second-order valence-corrected chi connectivity index (χ2v) is 12.3. The molecule has 0 aromatic carbocycles. The zero-order valence-electron chi connectivity index (χ0n) is 22.7. The molecule has 1 amide bonds. The van der Waals surface area contributed by atoms with Crippen LogP contribution < -0.4 is 10.6 Å². The Morgan fingerprint density at radius 3 is 2.36 bits per heavy atom. The lowest BCUT2D eigenvalue weighted by Crippen LogP contribution is -2.32. The molecular formula is C28H40N6O3S2. The summed E-state index contributed by atoms with van der Waals surface area (Å²) in [5.41, 5.74) is 0.547. The molecule has 0 atom stereocenters. The molecule has 3 aromatic heterocycles. The smallest absolute Gasteiger partial charge is 0.261 e. The first-order valence-electron chi connectivity index (χ1n) is 13.7. The molecule has 39 heavy (non-hydrogen) atoms. The van der Waals surface area contributed by atoms with Crippen LogP contribution in [0.5, 0.6) is 0 Å². The van der Waals surface area contributed by atoms with Crippen LogP contribution in [0.3, 0.4) is 0 Å². The van der Waals surface area contributed by atoms with Gasteiger partial charge >= 0.3 is 0 Å². The van der Waals surface area contributed by atoms with E-state index in [1.807, 2.05) is 5.38 Å². The van der Waals surface area contributed by atoms with E-state index >= 15 is 0 Å². The maximum Gasteiger partial charge on any atom is 0.261 e. The highest BCUT2D eigenvalue weighted by Gasteiger charge is 2.27. The normalized spacial score (nSPS) is 11.5. The molecule has 212 valence electrons. The van der Waals surface area contributed by atoms with E-state index in [9.17, 15) is 13.2 Å². The summed E-state index contributed by atoms with van der Waals surface area (Å²) in [5, 5.41) is 8.45. The molecule has 0 radical (unpaired) electrons. The van der Waals surface area contributed by atoms with Gasteiger partial charge in [0.25, 0.3) is 10.0 Å². The number of amides is 1. The molecule has 0 saturated heterocycles. The lowest BCUT2D eigenvalue weighted by Gasteiger charge is -2.20. The van der Waals surface area contributed by atoms with Gasteiger partial charge in [0.15, 0.2) is 5.03 Å². The maximum absolute atomic E-state index is 13.3. The number of nitrogens with zero attached hydrogens (tertiary/aromatic N) is 4. The van der Waals surface area contributed by atoms with Crippen molar-refractivity contribution in [2.24, 2.45) is 0 Å². The zero-order valence-corrected chi connectivity index (χ0v) is 24.4. The Bertz CT molecular complexity index is 1210. The molecule has 9 nitrogen and oxygen atoms in total. The summed E-state index contributed by atoms with van der Waals surface area (Å²) in [6, 6.07) is 10.1. The lowest BCUT2D eigenvalue weighted by atomic mass is 10.1. The van der Waals surface area contributed by atoms with E-state index in [4.69, 9.17) is 0 Å². The number of unbranched alkanes of at least 4 members (excludes halogenated alkanes) is 8. The Kier molecular flexibility index (Phi) is 13.3. The van der Waals surface area contributed by atoms with Crippen molar-refractivity contribution < 1.29 is 13.2 Å². The van der Waals surface area contributed by atoms with Crippen LogP contribution in [-0.4, -0.2) is 46.7 Å². The fourth-order valence-corrected chi connectivity index (χ4v) is 6.10. The number of sulfonamides is 1. The summed E-state index contributed by atoms with van der Waals surface area (Å²) in [6.45, 7) is 3.15. The highest BCUT2D eigenvalue weighted by atomic mass is 32.2. The molecular weight excluding hydrogens is 532 g/mol. The van der Waals surface area contributed by atoms with Crippen LogP contribution in [0, 0.1) is 0 Å². The SMILES string of the molecule is CCCCCCCCCCCNC(=O)CNc1cccc(CN(Cc2nccs2)S(=O)(=O)c2ccccn2)n1. The molecule has 0 aliphatic rings. The van der Waals surface area contributed by atoms with Gasteiger partial charge in [-0.05, 0) is 30.7 Å². The first-order valence-corrected chi connectivity index (χ1v) is 16.1. The van der Waals surface area contributed by atoms with E-state index in [0.717, 1.165) is 12.8 Å². The first kappa shape index (κ1) is 30.6. The summed E-state index contributed by atoms with van der Waals surface area (Å²) >= 11 is 1.39. The van der Waals surface area contributed by atoms with Crippen LogP contribution in [0.2, 0.25) is 0 Å². The molecule has 0 bridgehead atoms. The minimum atomic E-state index is -3.87. The van der Waals surface area contributed by atoms with Gasteiger partial charge in [0.1, 0.15) is 10.8 Å². The average molecular weight is 573 g/mol. The fourth-order valence-electron chi connectivity index (χ4n) is 4.08. The predicted octanol–water partition coefficient (Wildman–Crippen LogP) is 5.38. The molecule has 0 fully saturated rings. The first-order chi connectivity index (χ1) is 19.0. The Morgan fingerprint density at radius 1 is 0.897 bits per heavy atom. The van der Waals surface area contributed by atoms with Crippen LogP contribution >= 0.6 is 11.3 Å². The Hall–Kier alpha value is -2.89. The Morgan fingerprint density at radius 2 is 1.67 bits per heavy atom. The van der Waals surface area contributed by atoms with Crippen molar-refractivity contribution in [3.05, 3.63) is 64.9 Å². The van der Waals surface area contributed by atoms with E-state index < -0.39 is 10.0 Å². The molecule has 3 heterocycles. The van der Waals surface area contributed by atoms with Gasteiger partial charge in [0.05, 0.1) is 25.3 Å². The number of nitrogens with one attached hydrogen (secondary N) is 2. The summed E-state index contributed by atoms with van der Waals surface area (Å²) in [6.07, 6.45) is 14.3. The molecule has 0 aliphatic heterocycles. The summed E-state index contributed by atoms with van der Waals surface area (Å²) in [7, 11) is -3.87. The highest BCUT2D eigenvalue weighted by molar-refractivity contribution is 7.89. The Labute approximate surface area is 236 Å². The second kappa shape index (κ2) is 16.9. The van der Waals surface area contributed by atoms with E-state index in [2.05, 4.69) is 32.5 Å². The van der Waals surface area contributed by atoms with Gasteiger partial charge in [0, 0.05) is 24.3 Å². The van der Waals surface area contributed by atoms with E-state index in [1.54, 1.807) is 36.5 Å². The van der Waals surface area contributed by atoms with Gasteiger partial charge in [-0.1, -0.05) is 70.4 Å². The topological polar surface area (TPSA) is 117 Å². The number of aromatic nitrogens is 3. The van der Waals surface area contributed by atoms with Crippen LogP contribution in [-0.2, 0) is 27.9 Å². The third-order valence-electron chi connectivity index (χ3n) is 6.21. The number of carbonyl (C=O) groups excluding carboxylic acids is 1. The minimum Gasteiger partial charge on any atom is -0.361 e. The van der Waals surface area contributed by atoms with Gasteiger partial charge in [-0.25, -0.2) is 23.4 Å². The number of carbonyl (C=O) groups is 1. The number of rotatable bonds is 19. The molecule has 3 rings (SSSR count). The van der Waals surface area contributed by atoms with Gasteiger partial charge in [-0.2, -0.15) is 4.31 Å². The molecule has 0 saturated carbocycles. The second-order valence-electron chi connectivity index (χ2n) is 9.41. The number of anilines is 1. The summed E-state index contributed by atoms with van der Waals surface area (Å²) in [5.74, 6) is 0.417. The zero-order chi connectivity index (χ0) is 27.8. The molecule has 0 spiro atoms. The van der Waals surface area contributed by atoms with Crippen molar-refractivity contribution in [2.75, 3.05) is 18.4 Å². The lowest BCUT2D eigenvalue weighted by molar-refractivity contribution is -0.119. The third-order valence-corrected chi connectivity index (χ3v) is 8.69. The summed E-state index contributed by atoms with van der Waals surface area (Å²) < 4.78 is 28.0. The van der Waals surface area contributed by atoms with E-state index in [0.29, 0.717) is 23.1 Å². The van der Waals surface area contributed by atoms with Crippen molar-refractivity contribution >= 4 is 33.1 Å². The number of hydrogen-bond acceptors (Lipinski definition) is 8. The van der Waals surface area contributed by atoms with Crippen molar-refractivity contribution in [1.29, 1.82) is 0 Å². The van der Waals surface area contributed by atoms with E-state index in [-0.39, 0.29) is 30.6 Å². The van der Waals surface area contributed by atoms with Crippen LogP contribution in [0.15, 0.2) is 59.2 Å². The quantitative estimate of drug-likeness (QED) is 0.185. The molecule has 0 unspecified atom stereocenters. The van der Waals surface area contributed by atoms with Crippen LogP contribution in [0.4, 0.5) is 5.82 Å². The highest BCUT2D eigenvalue weighted by Crippen LogP contribution is 2.20. The largest absolute Gasteiger partial charge is 0.361 e. The van der Waals surface area contributed by atoms with Gasteiger partial charge in [-0.15, -0.1) is 11.3 Å². The molecule has 11 heteroatoms. The standard InChI is InChI=1S/C28H40N6O3S2/c1-2-3-4-5-6-7-8-9-11-17-29-26(35)21-32-25-15-13-14-24(33-25)22-34(23-27-30-19-20-38-27)39(36,37)28-16-10-12-18-31-28/h10,12-16,18-20H,2-9,11,17,21-23H2,1H3,(H,29,35)(H,32,33). The molecule has 3 aromatic rings. The van der Waals surface area contributed by atoms with Crippen molar-refractivity contribution in [3.63, 3.8) is 0 Å². The minimum absolute atomic E-state index is 0.0283. The van der Waals surface area contributed by atoms with Crippen molar-refractivity contribution in [3.8, 4) is 0 Å².